The van der Waals surface area contributed by atoms with Gasteiger partial charge in [-0.05, 0) is 47.9 Å². The topological polar surface area (TPSA) is 0 Å². The molecule has 0 saturated carbocycles. The smallest absolute Gasteiger partial charge is 0.0100 e. The van der Waals surface area contributed by atoms with Gasteiger partial charge in [0, 0.05) is 0 Å². The van der Waals surface area contributed by atoms with E-state index in [0.29, 0.717) is 0 Å². The molecule has 0 fully saturated rings. The fourth-order valence-electron chi connectivity index (χ4n) is 2.31. The molecule has 0 aromatic heterocycles. The highest BCUT2D eigenvalue weighted by Crippen LogP contribution is 2.11. The maximum Gasteiger partial charge on any atom is -0.0100 e. The summed E-state index contributed by atoms with van der Waals surface area (Å²) in [6, 6.07) is 17.7. The van der Waals surface area contributed by atoms with Crippen LogP contribution in [-0.4, -0.2) is 0 Å². The molecule has 0 heteroatoms. The van der Waals surface area contributed by atoms with Crippen molar-refractivity contribution in [3.63, 3.8) is 0 Å². The highest BCUT2D eigenvalue weighted by Gasteiger charge is 1.97. The van der Waals surface area contributed by atoms with E-state index >= 15 is 0 Å². The second-order valence-corrected chi connectivity index (χ2v) is 5.12. The lowest BCUT2D eigenvalue weighted by molar-refractivity contribution is 0.956. The quantitative estimate of drug-likeness (QED) is 0.621. The van der Waals surface area contributed by atoms with Crippen LogP contribution in [0.5, 0.6) is 0 Å². The summed E-state index contributed by atoms with van der Waals surface area (Å²) < 4.78 is 0. The van der Waals surface area contributed by atoms with Crippen molar-refractivity contribution in [2.45, 2.75) is 25.7 Å². The van der Waals surface area contributed by atoms with Gasteiger partial charge in [0.15, 0.2) is 0 Å². The van der Waals surface area contributed by atoms with Crippen LogP contribution >= 0.6 is 0 Å². The molecule has 0 aliphatic rings. The van der Waals surface area contributed by atoms with Crippen molar-refractivity contribution in [3.05, 3.63) is 96.1 Å². The number of allylic oxidation sites excluding steroid dienone is 2. The Morgan fingerprint density at radius 1 is 0.550 bits per heavy atom. The maximum atomic E-state index is 3.77. The van der Waals surface area contributed by atoms with Crippen LogP contribution in [0.25, 0.3) is 0 Å². The van der Waals surface area contributed by atoms with E-state index in [-0.39, 0.29) is 0 Å². The SMILES string of the molecule is C=CCc1ccc(CCc2ccc(CC=C)cc2)cc1. The standard InChI is InChI=1S/C20H22/c1-3-5-17-7-11-19(12-8-17)15-16-20-13-9-18(6-4-2)10-14-20/h3-4,7-14H,1-2,5-6,15-16H2. The third kappa shape index (κ3) is 4.24. The summed E-state index contributed by atoms with van der Waals surface area (Å²) in [6.07, 6.45) is 7.97. The first-order valence-corrected chi connectivity index (χ1v) is 7.19. The molecule has 0 saturated heterocycles. The predicted molar refractivity (Wildman–Crippen MR) is 88.1 cm³/mol. The lowest BCUT2D eigenvalue weighted by atomic mass is 10.0. The van der Waals surface area contributed by atoms with Crippen molar-refractivity contribution >= 4 is 0 Å². The molecule has 0 spiro atoms. The minimum absolute atomic E-state index is 0.949. The monoisotopic (exact) mass is 262 g/mol. The molecule has 0 unspecified atom stereocenters. The van der Waals surface area contributed by atoms with E-state index in [1.165, 1.54) is 22.3 Å². The zero-order chi connectivity index (χ0) is 14.2. The number of rotatable bonds is 7. The van der Waals surface area contributed by atoms with Gasteiger partial charge in [0.05, 0.1) is 0 Å². The molecule has 0 atom stereocenters. The molecule has 0 heterocycles. The number of hydrogen-bond acceptors (Lipinski definition) is 0. The van der Waals surface area contributed by atoms with Crippen LogP contribution in [0.15, 0.2) is 73.8 Å². The first-order chi connectivity index (χ1) is 9.81. The van der Waals surface area contributed by atoms with Crippen LogP contribution in [0.3, 0.4) is 0 Å². The summed E-state index contributed by atoms with van der Waals surface area (Å²) in [5.74, 6) is 0. The second kappa shape index (κ2) is 7.49. The first kappa shape index (κ1) is 14.3. The Hall–Kier alpha value is -2.08. The van der Waals surface area contributed by atoms with E-state index in [1.54, 1.807) is 0 Å². The van der Waals surface area contributed by atoms with E-state index in [9.17, 15) is 0 Å². The van der Waals surface area contributed by atoms with Crippen LogP contribution < -0.4 is 0 Å². The molecule has 0 amide bonds. The van der Waals surface area contributed by atoms with Crippen LogP contribution in [0.4, 0.5) is 0 Å². The molecular formula is C20H22. The van der Waals surface area contributed by atoms with Crippen molar-refractivity contribution < 1.29 is 0 Å². The Labute approximate surface area is 122 Å². The van der Waals surface area contributed by atoms with E-state index < -0.39 is 0 Å². The average molecular weight is 262 g/mol. The molecule has 20 heavy (non-hydrogen) atoms. The summed E-state index contributed by atoms with van der Waals surface area (Å²) in [5.41, 5.74) is 5.45. The molecular weight excluding hydrogens is 240 g/mol. The second-order valence-electron chi connectivity index (χ2n) is 5.12. The largest absolute Gasteiger partial charge is 0.103 e. The summed E-state index contributed by atoms with van der Waals surface area (Å²) in [5, 5.41) is 0. The molecule has 0 N–H and O–H groups in total. The van der Waals surface area contributed by atoms with Crippen molar-refractivity contribution in [2.75, 3.05) is 0 Å². The maximum absolute atomic E-state index is 3.77. The lowest BCUT2D eigenvalue weighted by Gasteiger charge is -2.05. The Bertz CT molecular complexity index is 490. The minimum atomic E-state index is 0.949. The first-order valence-electron chi connectivity index (χ1n) is 7.19. The molecule has 2 rings (SSSR count). The van der Waals surface area contributed by atoms with E-state index in [1.807, 2.05) is 12.2 Å². The summed E-state index contributed by atoms with van der Waals surface area (Å²) in [7, 11) is 0. The van der Waals surface area contributed by atoms with Gasteiger partial charge in [0.25, 0.3) is 0 Å². The van der Waals surface area contributed by atoms with Crippen molar-refractivity contribution in [2.24, 2.45) is 0 Å². The Kier molecular flexibility index (Phi) is 5.37. The third-order valence-electron chi connectivity index (χ3n) is 3.51. The van der Waals surface area contributed by atoms with Gasteiger partial charge in [-0.3, -0.25) is 0 Å². The summed E-state index contributed by atoms with van der Waals surface area (Å²) >= 11 is 0. The normalized spacial score (nSPS) is 10.2. The van der Waals surface area contributed by atoms with E-state index in [2.05, 4.69) is 61.7 Å². The van der Waals surface area contributed by atoms with Crippen molar-refractivity contribution in [1.29, 1.82) is 0 Å². The van der Waals surface area contributed by atoms with Crippen molar-refractivity contribution in [3.8, 4) is 0 Å². The van der Waals surface area contributed by atoms with Crippen LogP contribution in [0.1, 0.15) is 22.3 Å². The Morgan fingerprint density at radius 2 is 0.850 bits per heavy atom. The average Bonchev–Trinajstić information content (AvgIpc) is 2.49. The summed E-state index contributed by atoms with van der Waals surface area (Å²) in [6.45, 7) is 7.54. The highest BCUT2D eigenvalue weighted by atomic mass is 14.0. The molecule has 2 aromatic rings. The van der Waals surface area contributed by atoms with Crippen LogP contribution in [0.2, 0.25) is 0 Å². The van der Waals surface area contributed by atoms with E-state index in [4.69, 9.17) is 0 Å². The van der Waals surface area contributed by atoms with Crippen molar-refractivity contribution in [1.82, 2.24) is 0 Å². The fraction of sp³-hybridized carbons (Fsp3) is 0.200. The molecule has 0 aliphatic heterocycles. The Morgan fingerprint density at radius 3 is 1.15 bits per heavy atom. The molecule has 102 valence electrons. The predicted octanol–water partition coefficient (Wildman–Crippen LogP) is 4.93. The molecule has 0 bridgehead atoms. The highest BCUT2D eigenvalue weighted by molar-refractivity contribution is 5.27. The van der Waals surface area contributed by atoms with Gasteiger partial charge in [-0.15, -0.1) is 13.2 Å². The van der Waals surface area contributed by atoms with Gasteiger partial charge >= 0.3 is 0 Å². The number of hydrogen-bond donors (Lipinski definition) is 0. The van der Waals surface area contributed by atoms with Gasteiger partial charge < -0.3 is 0 Å². The number of aryl methyl sites for hydroxylation is 2. The Balaban J connectivity index is 1.90. The lowest BCUT2D eigenvalue weighted by Crippen LogP contribution is -1.92. The minimum Gasteiger partial charge on any atom is -0.103 e. The van der Waals surface area contributed by atoms with Gasteiger partial charge in [0.1, 0.15) is 0 Å². The molecule has 0 radical (unpaired) electrons. The molecule has 0 nitrogen and oxygen atoms in total. The van der Waals surface area contributed by atoms with Crippen LogP contribution in [-0.2, 0) is 25.7 Å². The van der Waals surface area contributed by atoms with Gasteiger partial charge in [0.2, 0.25) is 0 Å². The number of benzene rings is 2. The van der Waals surface area contributed by atoms with E-state index in [0.717, 1.165) is 25.7 Å². The van der Waals surface area contributed by atoms with Gasteiger partial charge in [-0.25, -0.2) is 0 Å². The van der Waals surface area contributed by atoms with Gasteiger partial charge in [-0.1, -0.05) is 60.7 Å². The fourth-order valence-corrected chi connectivity index (χ4v) is 2.31. The molecule has 2 aromatic carbocycles. The third-order valence-corrected chi connectivity index (χ3v) is 3.51. The molecule has 0 aliphatic carbocycles. The zero-order valence-electron chi connectivity index (χ0n) is 12.0. The zero-order valence-corrected chi connectivity index (χ0v) is 12.0. The summed E-state index contributed by atoms with van der Waals surface area (Å²) in [4.78, 5) is 0. The van der Waals surface area contributed by atoms with Crippen LogP contribution in [0, 0.1) is 0 Å². The van der Waals surface area contributed by atoms with Gasteiger partial charge in [-0.2, -0.15) is 0 Å².